The van der Waals surface area contributed by atoms with E-state index < -0.39 is 0 Å². The first-order valence-corrected chi connectivity index (χ1v) is 5.91. The Hall–Kier alpha value is -1.28. The summed E-state index contributed by atoms with van der Waals surface area (Å²) in [5.41, 5.74) is 5.36. The quantitative estimate of drug-likeness (QED) is 0.717. The van der Waals surface area contributed by atoms with Gasteiger partial charge in [0.2, 0.25) is 0 Å². The fourth-order valence-corrected chi connectivity index (χ4v) is 2.87. The maximum atomic E-state index is 9.78. The van der Waals surface area contributed by atoms with Crippen molar-refractivity contribution in [3.05, 3.63) is 35.0 Å². The third-order valence-corrected chi connectivity index (χ3v) is 3.75. The Labute approximate surface area is 95.5 Å². The van der Waals surface area contributed by atoms with E-state index in [4.69, 9.17) is 0 Å². The van der Waals surface area contributed by atoms with Crippen molar-refractivity contribution in [2.75, 3.05) is 0 Å². The number of aryl methyl sites for hydroxylation is 2. The van der Waals surface area contributed by atoms with Crippen molar-refractivity contribution < 1.29 is 5.11 Å². The van der Waals surface area contributed by atoms with Crippen molar-refractivity contribution in [2.45, 2.75) is 32.3 Å². The number of aliphatic hydroxyl groups excluding tert-OH is 1. The van der Waals surface area contributed by atoms with Gasteiger partial charge in [-0.05, 0) is 37.5 Å². The summed E-state index contributed by atoms with van der Waals surface area (Å²) in [6.45, 7) is 2.12. The fraction of sp³-hybridized carbons (Fsp3) is 0.429. The number of benzene rings is 1. The maximum absolute atomic E-state index is 9.78. The molecule has 3 rings (SSSR count). The molecule has 1 heterocycles. The zero-order valence-corrected chi connectivity index (χ0v) is 9.83. The van der Waals surface area contributed by atoms with Crippen LogP contribution in [-0.4, -0.2) is 15.8 Å². The monoisotopic (exact) mass is 215 g/mol. The number of fused-ring (bicyclic) bond motifs is 3. The summed E-state index contributed by atoms with van der Waals surface area (Å²) in [5, 5.41) is 11.1. The highest BCUT2D eigenvalue weighted by molar-refractivity contribution is 5.86. The molecule has 1 aromatic carbocycles. The molecule has 0 amide bonds. The molecule has 84 valence electrons. The van der Waals surface area contributed by atoms with Crippen LogP contribution >= 0.6 is 0 Å². The fourth-order valence-electron chi connectivity index (χ4n) is 2.87. The molecule has 16 heavy (non-hydrogen) atoms. The summed E-state index contributed by atoms with van der Waals surface area (Å²) in [5.74, 6) is 0. The van der Waals surface area contributed by atoms with Gasteiger partial charge >= 0.3 is 0 Å². The van der Waals surface area contributed by atoms with E-state index in [1.807, 2.05) is 0 Å². The van der Waals surface area contributed by atoms with Crippen molar-refractivity contribution >= 4 is 10.9 Å². The van der Waals surface area contributed by atoms with E-state index >= 15 is 0 Å². The first-order chi connectivity index (χ1) is 7.66. The van der Waals surface area contributed by atoms with E-state index in [2.05, 4.69) is 36.7 Å². The number of nitrogens with zero attached hydrogens (tertiary/aromatic N) is 1. The third kappa shape index (κ3) is 1.30. The van der Waals surface area contributed by atoms with Crippen LogP contribution in [-0.2, 0) is 19.9 Å². The number of aliphatic hydroxyl groups is 1. The molecule has 0 saturated carbocycles. The second-order valence-corrected chi connectivity index (χ2v) is 4.90. The molecule has 0 bridgehead atoms. The zero-order chi connectivity index (χ0) is 11.3. The van der Waals surface area contributed by atoms with Crippen LogP contribution in [0.2, 0.25) is 0 Å². The molecule has 0 radical (unpaired) electrons. The van der Waals surface area contributed by atoms with Crippen LogP contribution < -0.4 is 0 Å². The number of rotatable bonds is 0. The molecule has 1 N–H and O–H groups in total. The summed E-state index contributed by atoms with van der Waals surface area (Å²) >= 11 is 0. The molecule has 0 fully saturated rings. The summed E-state index contributed by atoms with van der Waals surface area (Å²) in [4.78, 5) is 0. The normalized spacial score (nSPS) is 20.1. The van der Waals surface area contributed by atoms with Crippen molar-refractivity contribution in [1.29, 1.82) is 0 Å². The highest BCUT2D eigenvalue weighted by atomic mass is 16.3. The predicted molar refractivity (Wildman–Crippen MR) is 65.7 cm³/mol. The molecule has 0 saturated heterocycles. The van der Waals surface area contributed by atoms with Crippen molar-refractivity contribution in [1.82, 2.24) is 4.57 Å². The van der Waals surface area contributed by atoms with E-state index in [9.17, 15) is 5.11 Å². The third-order valence-electron chi connectivity index (χ3n) is 3.75. The van der Waals surface area contributed by atoms with Gasteiger partial charge in [-0.2, -0.15) is 0 Å². The summed E-state index contributed by atoms with van der Waals surface area (Å²) in [6, 6.07) is 6.59. The molecular formula is C14H17NO. The number of hydrogen-bond acceptors (Lipinski definition) is 1. The number of hydrogen-bond donors (Lipinski definition) is 1. The Kier molecular flexibility index (Phi) is 2.08. The molecule has 2 nitrogen and oxygen atoms in total. The Morgan fingerprint density at radius 1 is 1.38 bits per heavy atom. The van der Waals surface area contributed by atoms with E-state index in [1.165, 1.54) is 27.7 Å². The molecule has 2 aromatic rings. The van der Waals surface area contributed by atoms with Gasteiger partial charge < -0.3 is 9.67 Å². The van der Waals surface area contributed by atoms with E-state index in [0.29, 0.717) is 0 Å². The van der Waals surface area contributed by atoms with Gasteiger partial charge in [0.1, 0.15) is 0 Å². The van der Waals surface area contributed by atoms with Crippen LogP contribution in [0, 0.1) is 6.92 Å². The molecule has 1 atom stereocenters. The highest BCUT2D eigenvalue weighted by Gasteiger charge is 2.22. The van der Waals surface area contributed by atoms with Gasteiger partial charge in [-0.3, -0.25) is 0 Å². The first-order valence-electron chi connectivity index (χ1n) is 5.91. The lowest BCUT2D eigenvalue weighted by molar-refractivity contribution is 0.158. The van der Waals surface area contributed by atoms with Gasteiger partial charge in [0.25, 0.3) is 0 Å². The Morgan fingerprint density at radius 2 is 2.19 bits per heavy atom. The molecule has 0 spiro atoms. The lowest BCUT2D eigenvalue weighted by atomic mass is 9.93. The smallest absolute Gasteiger partial charge is 0.0585 e. The Bertz CT molecular complexity index is 553. The van der Waals surface area contributed by atoms with Crippen LogP contribution in [0.25, 0.3) is 10.9 Å². The molecule has 2 heteroatoms. The molecule has 1 aliphatic carbocycles. The standard InChI is InChI=1S/C14H17NO/c1-9-3-5-13-11(7-9)12-8-10(16)4-6-14(12)15(13)2/h3,5,7,10,16H,4,6,8H2,1-2H3. The maximum Gasteiger partial charge on any atom is 0.0585 e. The topological polar surface area (TPSA) is 25.2 Å². The minimum atomic E-state index is -0.154. The second-order valence-electron chi connectivity index (χ2n) is 4.90. The average molecular weight is 215 g/mol. The van der Waals surface area contributed by atoms with Crippen LogP contribution in [0.15, 0.2) is 18.2 Å². The minimum Gasteiger partial charge on any atom is -0.393 e. The van der Waals surface area contributed by atoms with Crippen molar-refractivity contribution in [2.24, 2.45) is 7.05 Å². The molecule has 1 aromatic heterocycles. The second kappa shape index (κ2) is 3.36. The molecule has 1 unspecified atom stereocenters. The lowest BCUT2D eigenvalue weighted by Crippen LogP contribution is -2.19. The molecule has 1 aliphatic rings. The summed E-state index contributed by atoms with van der Waals surface area (Å²) in [7, 11) is 2.13. The SMILES string of the molecule is Cc1ccc2c(c1)c1c(n2C)CCC(O)C1. The number of aromatic nitrogens is 1. The van der Waals surface area contributed by atoms with Crippen molar-refractivity contribution in [3.8, 4) is 0 Å². The van der Waals surface area contributed by atoms with Gasteiger partial charge in [-0.15, -0.1) is 0 Å². The van der Waals surface area contributed by atoms with Gasteiger partial charge in [0, 0.05) is 30.1 Å². The largest absolute Gasteiger partial charge is 0.393 e. The van der Waals surface area contributed by atoms with Crippen LogP contribution in [0.4, 0.5) is 0 Å². The van der Waals surface area contributed by atoms with E-state index in [-0.39, 0.29) is 6.10 Å². The zero-order valence-electron chi connectivity index (χ0n) is 9.83. The van der Waals surface area contributed by atoms with Gasteiger partial charge in [0.05, 0.1) is 6.10 Å². The molecular weight excluding hydrogens is 198 g/mol. The lowest BCUT2D eigenvalue weighted by Gasteiger charge is -2.18. The van der Waals surface area contributed by atoms with E-state index in [1.54, 1.807) is 0 Å². The Balaban J connectivity index is 2.33. The highest BCUT2D eigenvalue weighted by Crippen LogP contribution is 2.31. The first kappa shape index (κ1) is 9.91. The van der Waals surface area contributed by atoms with Crippen molar-refractivity contribution in [3.63, 3.8) is 0 Å². The Morgan fingerprint density at radius 3 is 3.00 bits per heavy atom. The van der Waals surface area contributed by atoms with Crippen LogP contribution in [0.3, 0.4) is 0 Å². The van der Waals surface area contributed by atoms with Gasteiger partial charge in [-0.1, -0.05) is 11.6 Å². The minimum absolute atomic E-state index is 0.154. The van der Waals surface area contributed by atoms with Crippen LogP contribution in [0.1, 0.15) is 23.2 Å². The predicted octanol–water partition coefficient (Wildman–Crippen LogP) is 2.34. The van der Waals surface area contributed by atoms with Gasteiger partial charge in [0.15, 0.2) is 0 Å². The van der Waals surface area contributed by atoms with Crippen LogP contribution in [0.5, 0.6) is 0 Å². The summed E-state index contributed by atoms with van der Waals surface area (Å²) in [6.07, 6.45) is 2.56. The summed E-state index contributed by atoms with van der Waals surface area (Å²) < 4.78 is 2.29. The van der Waals surface area contributed by atoms with E-state index in [0.717, 1.165) is 19.3 Å². The van der Waals surface area contributed by atoms with Gasteiger partial charge in [-0.25, -0.2) is 0 Å². The average Bonchev–Trinajstić information content (AvgIpc) is 2.52. The molecule has 0 aliphatic heterocycles.